The third kappa shape index (κ3) is 5.64. The summed E-state index contributed by atoms with van der Waals surface area (Å²) in [5, 5.41) is 2.81. The van der Waals surface area contributed by atoms with E-state index >= 15 is 0 Å². The van der Waals surface area contributed by atoms with Crippen LogP contribution in [0.25, 0.3) is 0 Å². The number of hydrogen-bond donors (Lipinski definition) is 1. The van der Waals surface area contributed by atoms with Gasteiger partial charge in [-0.3, -0.25) is 4.79 Å². The highest BCUT2D eigenvalue weighted by molar-refractivity contribution is 5.94. The Hall–Kier alpha value is -2.82. The Labute approximate surface area is 148 Å². The van der Waals surface area contributed by atoms with E-state index in [9.17, 15) is 9.59 Å². The molecule has 0 saturated carbocycles. The smallest absolute Gasteiger partial charge is 0.338 e. The van der Waals surface area contributed by atoms with Gasteiger partial charge >= 0.3 is 5.97 Å². The number of amides is 1. The molecule has 0 saturated heterocycles. The van der Waals surface area contributed by atoms with Crippen molar-refractivity contribution in [3.05, 3.63) is 59.7 Å². The number of carbonyl (C=O) groups excluding carboxylic acids is 2. The molecule has 1 amide bonds. The number of carbonyl (C=O) groups is 2. The third-order valence-corrected chi connectivity index (χ3v) is 3.55. The molecule has 0 fully saturated rings. The quantitative estimate of drug-likeness (QED) is 0.741. The van der Waals surface area contributed by atoms with Crippen molar-refractivity contribution in [2.24, 2.45) is 0 Å². The molecule has 0 aliphatic heterocycles. The van der Waals surface area contributed by atoms with Crippen LogP contribution in [0.4, 0.5) is 5.69 Å². The minimum atomic E-state index is -0.399. The Kier molecular flexibility index (Phi) is 7.01. The normalized spacial score (nSPS) is 10.2. The van der Waals surface area contributed by atoms with Crippen molar-refractivity contribution in [3.63, 3.8) is 0 Å². The van der Waals surface area contributed by atoms with Gasteiger partial charge in [-0.2, -0.15) is 0 Å². The van der Waals surface area contributed by atoms with E-state index < -0.39 is 5.97 Å². The summed E-state index contributed by atoms with van der Waals surface area (Å²) in [4.78, 5) is 23.9. The molecule has 5 heteroatoms. The first-order valence-corrected chi connectivity index (χ1v) is 8.41. The van der Waals surface area contributed by atoms with Crippen LogP contribution in [0.2, 0.25) is 0 Å². The number of nitrogens with one attached hydrogen (secondary N) is 1. The summed E-state index contributed by atoms with van der Waals surface area (Å²) in [5.41, 5.74) is 2.00. The Morgan fingerprint density at radius 3 is 2.56 bits per heavy atom. The minimum absolute atomic E-state index is 0.118. The summed E-state index contributed by atoms with van der Waals surface area (Å²) in [6.07, 6.45) is 0.910. The zero-order valence-corrected chi connectivity index (χ0v) is 14.6. The number of aryl methyl sites for hydroxylation is 1. The van der Waals surface area contributed by atoms with Gasteiger partial charge in [-0.25, -0.2) is 4.79 Å². The topological polar surface area (TPSA) is 64.6 Å². The minimum Gasteiger partial charge on any atom is -0.494 e. The van der Waals surface area contributed by atoms with Crippen LogP contribution in [-0.2, 0) is 16.0 Å². The van der Waals surface area contributed by atoms with Crippen molar-refractivity contribution >= 4 is 17.6 Å². The summed E-state index contributed by atoms with van der Waals surface area (Å²) in [5.74, 6) is 0.290. The largest absolute Gasteiger partial charge is 0.494 e. The highest BCUT2D eigenvalue weighted by Gasteiger charge is 2.10. The van der Waals surface area contributed by atoms with Crippen LogP contribution >= 0.6 is 0 Å². The highest BCUT2D eigenvalue weighted by atomic mass is 16.5. The predicted octanol–water partition coefficient (Wildman–Crippen LogP) is 3.83. The molecule has 0 bridgehead atoms. The standard InChI is InChI=1S/C20H23NO4/c1-3-24-18-11-6-5-8-15(18)12-13-19(22)21-17-10-7-9-16(14-17)20(23)25-4-2/h5-11,14H,3-4,12-13H2,1-2H3,(H,21,22). The number of ether oxygens (including phenoxy) is 2. The second-order valence-electron chi connectivity index (χ2n) is 5.39. The maximum atomic E-state index is 12.2. The van der Waals surface area contributed by atoms with E-state index in [1.54, 1.807) is 31.2 Å². The van der Waals surface area contributed by atoms with Gasteiger partial charge in [0, 0.05) is 12.1 Å². The lowest BCUT2D eigenvalue weighted by Gasteiger charge is -2.10. The zero-order valence-electron chi connectivity index (χ0n) is 14.6. The summed E-state index contributed by atoms with van der Waals surface area (Å²) in [7, 11) is 0. The maximum absolute atomic E-state index is 12.2. The predicted molar refractivity (Wildman–Crippen MR) is 97.0 cm³/mol. The molecule has 0 atom stereocenters. The van der Waals surface area contributed by atoms with Crippen LogP contribution in [0.3, 0.4) is 0 Å². The van der Waals surface area contributed by atoms with E-state index in [1.807, 2.05) is 31.2 Å². The highest BCUT2D eigenvalue weighted by Crippen LogP contribution is 2.20. The fourth-order valence-corrected chi connectivity index (χ4v) is 2.42. The molecule has 2 aromatic carbocycles. The van der Waals surface area contributed by atoms with E-state index in [0.29, 0.717) is 37.3 Å². The zero-order chi connectivity index (χ0) is 18.1. The molecule has 0 radical (unpaired) electrons. The fourth-order valence-electron chi connectivity index (χ4n) is 2.42. The lowest BCUT2D eigenvalue weighted by Crippen LogP contribution is -2.13. The molecule has 1 N–H and O–H groups in total. The van der Waals surface area contributed by atoms with Crippen molar-refractivity contribution in [1.82, 2.24) is 0 Å². The van der Waals surface area contributed by atoms with Crippen LogP contribution in [0.15, 0.2) is 48.5 Å². The second-order valence-corrected chi connectivity index (χ2v) is 5.39. The molecule has 0 aromatic heterocycles. The summed E-state index contributed by atoms with van der Waals surface area (Å²) in [6.45, 7) is 4.59. The number of hydrogen-bond acceptors (Lipinski definition) is 4. The fraction of sp³-hybridized carbons (Fsp3) is 0.300. The number of para-hydroxylation sites is 1. The Morgan fingerprint density at radius 1 is 1.00 bits per heavy atom. The van der Waals surface area contributed by atoms with Gasteiger partial charge in [-0.15, -0.1) is 0 Å². The van der Waals surface area contributed by atoms with Crippen LogP contribution in [-0.4, -0.2) is 25.1 Å². The van der Waals surface area contributed by atoms with Gasteiger partial charge in [0.2, 0.25) is 5.91 Å². The van der Waals surface area contributed by atoms with Gasteiger partial charge in [-0.05, 0) is 50.1 Å². The molecule has 0 heterocycles. The number of benzene rings is 2. The van der Waals surface area contributed by atoms with Crippen molar-refractivity contribution < 1.29 is 19.1 Å². The average molecular weight is 341 g/mol. The third-order valence-electron chi connectivity index (χ3n) is 3.55. The molecule has 132 valence electrons. The SMILES string of the molecule is CCOC(=O)c1cccc(NC(=O)CCc2ccccc2OCC)c1. The van der Waals surface area contributed by atoms with E-state index in [2.05, 4.69) is 5.32 Å². The van der Waals surface area contributed by atoms with E-state index in [1.165, 1.54) is 0 Å². The van der Waals surface area contributed by atoms with Gasteiger partial charge in [0.25, 0.3) is 0 Å². The number of esters is 1. The first-order valence-electron chi connectivity index (χ1n) is 8.41. The molecule has 0 aliphatic carbocycles. The van der Waals surface area contributed by atoms with Crippen molar-refractivity contribution in [2.45, 2.75) is 26.7 Å². The molecule has 2 rings (SSSR count). The summed E-state index contributed by atoms with van der Waals surface area (Å²) >= 11 is 0. The monoisotopic (exact) mass is 341 g/mol. The average Bonchev–Trinajstić information content (AvgIpc) is 2.62. The van der Waals surface area contributed by atoms with Crippen LogP contribution in [0.5, 0.6) is 5.75 Å². The number of anilines is 1. The second kappa shape index (κ2) is 9.47. The van der Waals surface area contributed by atoms with Crippen LogP contribution < -0.4 is 10.1 Å². The Balaban J connectivity index is 1.95. The van der Waals surface area contributed by atoms with Gasteiger partial charge in [0.05, 0.1) is 18.8 Å². The van der Waals surface area contributed by atoms with Crippen molar-refractivity contribution in [1.29, 1.82) is 0 Å². The molecule has 5 nitrogen and oxygen atoms in total. The van der Waals surface area contributed by atoms with E-state index in [-0.39, 0.29) is 5.91 Å². The summed E-state index contributed by atoms with van der Waals surface area (Å²) < 4.78 is 10.5. The first-order chi connectivity index (χ1) is 12.1. The van der Waals surface area contributed by atoms with E-state index in [4.69, 9.17) is 9.47 Å². The van der Waals surface area contributed by atoms with Gasteiger partial charge in [-0.1, -0.05) is 24.3 Å². The van der Waals surface area contributed by atoms with Gasteiger partial charge < -0.3 is 14.8 Å². The molecular weight excluding hydrogens is 318 g/mol. The summed E-state index contributed by atoms with van der Waals surface area (Å²) in [6, 6.07) is 14.4. The van der Waals surface area contributed by atoms with Crippen molar-refractivity contribution in [3.8, 4) is 5.75 Å². The molecule has 0 unspecified atom stereocenters. The van der Waals surface area contributed by atoms with Gasteiger partial charge in [0.15, 0.2) is 0 Å². The Morgan fingerprint density at radius 2 is 1.80 bits per heavy atom. The van der Waals surface area contributed by atoms with Crippen LogP contribution in [0, 0.1) is 0 Å². The van der Waals surface area contributed by atoms with E-state index in [0.717, 1.165) is 11.3 Å². The Bertz CT molecular complexity index is 727. The maximum Gasteiger partial charge on any atom is 0.338 e. The molecular formula is C20H23NO4. The van der Waals surface area contributed by atoms with Crippen LogP contribution in [0.1, 0.15) is 36.2 Å². The molecule has 0 spiro atoms. The molecule has 0 aliphatic rings. The van der Waals surface area contributed by atoms with Gasteiger partial charge in [0.1, 0.15) is 5.75 Å². The molecule has 2 aromatic rings. The van der Waals surface area contributed by atoms with Crippen molar-refractivity contribution in [2.75, 3.05) is 18.5 Å². The number of rotatable bonds is 8. The lowest BCUT2D eigenvalue weighted by molar-refractivity contribution is -0.116. The first kappa shape index (κ1) is 18.5. The lowest BCUT2D eigenvalue weighted by atomic mass is 10.1. The molecule has 25 heavy (non-hydrogen) atoms.